The van der Waals surface area contributed by atoms with E-state index in [1.807, 2.05) is 41.7 Å². The van der Waals surface area contributed by atoms with Gasteiger partial charge in [-0.3, -0.25) is 0 Å². The Kier molecular flexibility index (Phi) is 20.3. The number of hydrogen-bond donors (Lipinski definition) is 0. The van der Waals surface area contributed by atoms with Crippen molar-refractivity contribution in [3.05, 3.63) is 0 Å². The average molecular weight is 171 g/mol. The predicted octanol–water partition coefficient (Wildman–Crippen LogP) is 2.89. The first-order valence-corrected chi connectivity index (χ1v) is 5.03. The molecule has 0 aromatic heterocycles. The topological polar surface area (TPSA) is 3.24 Å². The van der Waals surface area contributed by atoms with Crippen LogP contribution in [0.5, 0.6) is 0 Å². The molecule has 0 heterocycles. The van der Waals surface area contributed by atoms with Crippen molar-refractivity contribution in [2.75, 3.05) is 7.05 Å². The van der Waals surface area contributed by atoms with E-state index >= 15 is 0 Å². The first-order valence-electron chi connectivity index (χ1n) is 5.03. The molecule has 2 heteroatoms. The molecule has 0 rings (SSSR count). The summed E-state index contributed by atoms with van der Waals surface area (Å²) in [5.74, 6) is 0.176. The summed E-state index contributed by atoms with van der Waals surface area (Å²) >= 11 is 0. The summed E-state index contributed by atoms with van der Waals surface area (Å²) in [5, 5.41) is 0. The van der Waals surface area contributed by atoms with E-state index in [1.165, 1.54) is 0 Å². The van der Waals surface area contributed by atoms with E-state index < -0.39 is 0 Å². The maximum atomic E-state index is 5.56. The van der Waals surface area contributed by atoms with E-state index in [9.17, 15) is 0 Å². The molecule has 0 amide bonds. The fraction of sp³-hybridized carbons (Fsp3) is 1.00. The third kappa shape index (κ3) is 12.7. The molecule has 0 bridgehead atoms. The van der Waals surface area contributed by atoms with Crippen LogP contribution >= 0.6 is 0 Å². The Balaban J connectivity index is -0.000000175. The minimum atomic E-state index is 0.176. The molecule has 0 saturated heterocycles. The molecule has 0 aliphatic heterocycles. The van der Waals surface area contributed by atoms with Crippen molar-refractivity contribution >= 4 is 7.85 Å². The van der Waals surface area contributed by atoms with Gasteiger partial charge in [-0.1, -0.05) is 34.6 Å². The summed E-state index contributed by atoms with van der Waals surface area (Å²) in [4.78, 5) is 2.11. The zero-order valence-corrected chi connectivity index (χ0v) is 10.2. The minimum absolute atomic E-state index is 0.176. The first-order chi connectivity index (χ1) is 5.55. The summed E-state index contributed by atoms with van der Waals surface area (Å²) in [6, 6.07) is 0.551. The van der Waals surface area contributed by atoms with E-state index in [2.05, 4.69) is 18.7 Å². The maximum absolute atomic E-state index is 5.56. The van der Waals surface area contributed by atoms with E-state index in [0.29, 0.717) is 6.04 Å². The summed E-state index contributed by atoms with van der Waals surface area (Å²) in [6.07, 6.45) is 0. The highest BCUT2D eigenvalue weighted by molar-refractivity contribution is 6.11. The molecule has 0 spiro atoms. The van der Waals surface area contributed by atoms with Gasteiger partial charge in [0.1, 0.15) is 0 Å². The van der Waals surface area contributed by atoms with Crippen molar-refractivity contribution in [2.24, 2.45) is 0 Å². The molecular formula is C10H26BN. The number of rotatable bonds is 2. The number of nitrogens with zero attached hydrogens (tertiary/aromatic N) is 1. The van der Waals surface area contributed by atoms with Crippen LogP contribution in [0.1, 0.15) is 48.5 Å². The molecule has 0 aromatic carbocycles. The monoisotopic (exact) mass is 171 g/mol. The van der Waals surface area contributed by atoms with Crippen LogP contribution in [0.4, 0.5) is 0 Å². The van der Waals surface area contributed by atoms with Gasteiger partial charge in [0.2, 0.25) is 0 Å². The van der Waals surface area contributed by atoms with Gasteiger partial charge in [-0.25, -0.2) is 0 Å². The molecule has 0 aliphatic carbocycles. The lowest BCUT2D eigenvalue weighted by Crippen LogP contribution is -2.34. The molecule has 2 radical (unpaired) electrons. The van der Waals surface area contributed by atoms with E-state index in [4.69, 9.17) is 7.85 Å². The van der Waals surface area contributed by atoms with Crippen molar-refractivity contribution in [2.45, 2.75) is 60.4 Å². The standard InChI is InChI=1S/C6H14BN.2C2H6/c1-5(2)8(4)6(3)7;2*1-2/h5-6H,1-4H3;2*1-2H3. The lowest BCUT2D eigenvalue weighted by atomic mass is 9.96. The second-order valence-corrected chi connectivity index (χ2v) is 2.50. The van der Waals surface area contributed by atoms with E-state index in [0.717, 1.165) is 0 Å². The predicted molar refractivity (Wildman–Crippen MR) is 60.8 cm³/mol. The van der Waals surface area contributed by atoms with Crippen LogP contribution in [0.25, 0.3) is 0 Å². The Morgan fingerprint density at radius 3 is 1.17 bits per heavy atom. The molecule has 12 heavy (non-hydrogen) atoms. The zero-order chi connectivity index (χ0) is 10.7. The molecular weight excluding hydrogens is 145 g/mol. The fourth-order valence-corrected chi connectivity index (χ4v) is 0.470. The largest absolute Gasteiger partial charge is 0.310 e. The minimum Gasteiger partial charge on any atom is -0.310 e. The van der Waals surface area contributed by atoms with Gasteiger partial charge >= 0.3 is 0 Å². The van der Waals surface area contributed by atoms with E-state index in [-0.39, 0.29) is 5.94 Å². The van der Waals surface area contributed by atoms with Crippen LogP contribution in [0.2, 0.25) is 0 Å². The van der Waals surface area contributed by atoms with Crippen LogP contribution in [0.3, 0.4) is 0 Å². The Morgan fingerprint density at radius 1 is 0.917 bits per heavy atom. The second-order valence-electron chi connectivity index (χ2n) is 2.50. The molecule has 0 saturated carbocycles. The van der Waals surface area contributed by atoms with Gasteiger partial charge in [-0.15, -0.1) is 0 Å². The van der Waals surface area contributed by atoms with Crippen molar-refractivity contribution in [3.8, 4) is 0 Å². The maximum Gasteiger partial charge on any atom is 0.0906 e. The lowest BCUT2D eigenvalue weighted by molar-refractivity contribution is 0.262. The lowest BCUT2D eigenvalue weighted by Gasteiger charge is -2.25. The van der Waals surface area contributed by atoms with Gasteiger partial charge in [0.15, 0.2) is 0 Å². The SMILES string of the molecule is CC.CC.[B]C(C)N(C)C(C)C. The second kappa shape index (κ2) is 13.6. The van der Waals surface area contributed by atoms with Crippen LogP contribution in [0, 0.1) is 0 Å². The van der Waals surface area contributed by atoms with Gasteiger partial charge in [0.05, 0.1) is 7.85 Å². The molecule has 1 nitrogen and oxygen atoms in total. The summed E-state index contributed by atoms with van der Waals surface area (Å²) in [6.45, 7) is 14.2. The number of hydrogen-bond acceptors (Lipinski definition) is 1. The van der Waals surface area contributed by atoms with Crippen molar-refractivity contribution in [3.63, 3.8) is 0 Å². The van der Waals surface area contributed by atoms with E-state index in [1.54, 1.807) is 0 Å². The van der Waals surface area contributed by atoms with Crippen LogP contribution in [-0.2, 0) is 0 Å². The third-order valence-corrected chi connectivity index (χ3v) is 1.46. The summed E-state index contributed by atoms with van der Waals surface area (Å²) in [5.41, 5.74) is 0. The Hall–Kier alpha value is 0.0249. The first kappa shape index (κ1) is 17.9. The normalized spacial score (nSPS) is 11.2. The molecule has 0 aliphatic rings. The van der Waals surface area contributed by atoms with Gasteiger partial charge in [0, 0.05) is 6.04 Å². The summed E-state index contributed by atoms with van der Waals surface area (Å²) < 4.78 is 0. The van der Waals surface area contributed by atoms with Gasteiger partial charge in [-0.2, -0.15) is 0 Å². The third-order valence-electron chi connectivity index (χ3n) is 1.46. The van der Waals surface area contributed by atoms with Gasteiger partial charge < -0.3 is 4.90 Å². The molecule has 0 aromatic rings. The molecule has 1 atom stereocenters. The highest BCUT2D eigenvalue weighted by Crippen LogP contribution is 1.95. The average Bonchev–Trinajstić information content (AvgIpc) is 2.10. The van der Waals surface area contributed by atoms with Crippen molar-refractivity contribution < 1.29 is 0 Å². The van der Waals surface area contributed by atoms with Gasteiger partial charge in [-0.05, 0) is 26.8 Å². The highest BCUT2D eigenvalue weighted by atomic mass is 15.1. The Morgan fingerprint density at radius 2 is 1.17 bits per heavy atom. The molecule has 1 unspecified atom stereocenters. The highest BCUT2D eigenvalue weighted by Gasteiger charge is 2.04. The van der Waals surface area contributed by atoms with Gasteiger partial charge in [0.25, 0.3) is 0 Å². The van der Waals surface area contributed by atoms with Crippen LogP contribution in [-0.4, -0.2) is 31.8 Å². The van der Waals surface area contributed by atoms with Crippen LogP contribution < -0.4 is 0 Å². The smallest absolute Gasteiger partial charge is 0.0906 e. The van der Waals surface area contributed by atoms with Crippen LogP contribution in [0.15, 0.2) is 0 Å². The Bertz CT molecular complexity index is 54.9. The van der Waals surface area contributed by atoms with Crippen molar-refractivity contribution in [1.29, 1.82) is 0 Å². The molecule has 0 fully saturated rings. The fourth-order valence-electron chi connectivity index (χ4n) is 0.470. The zero-order valence-electron chi connectivity index (χ0n) is 10.2. The molecule has 74 valence electrons. The van der Waals surface area contributed by atoms with Crippen molar-refractivity contribution in [1.82, 2.24) is 4.90 Å². The summed E-state index contributed by atoms with van der Waals surface area (Å²) in [7, 11) is 7.59. The molecule has 0 N–H and O–H groups in total. The quantitative estimate of drug-likeness (QED) is 0.577. The Labute approximate surface area is 80.9 Å².